The predicted octanol–water partition coefficient (Wildman–Crippen LogP) is 1.45. The molecule has 0 atom stereocenters. The first kappa shape index (κ1) is 11.1. The predicted molar refractivity (Wildman–Crippen MR) is 64.7 cm³/mol. The molecule has 0 radical (unpaired) electrons. The summed E-state index contributed by atoms with van der Waals surface area (Å²) in [4.78, 5) is 11.3. The van der Waals surface area contributed by atoms with Gasteiger partial charge in [-0.25, -0.2) is 4.98 Å². The van der Waals surface area contributed by atoms with E-state index in [4.69, 9.17) is 0 Å². The molecular weight excluding hydrogens is 200 g/mol. The number of hydrogen-bond donors (Lipinski definition) is 0. The summed E-state index contributed by atoms with van der Waals surface area (Å²) in [7, 11) is 4.15. The van der Waals surface area contributed by atoms with Crippen molar-refractivity contribution in [2.75, 3.05) is 20.6 Å². The number of imidazole rings is 1. The van der Waals surface area contributed by atoms with Crippen LogP contribution in [0.25, 0.3) is 5.65 Å². The van der Waals surface area contributed by atoms with E-state index in [9.17, 15) is 0 Å². The van der Waals surface area contributed by atoms with Gasteiger partial charge in [0, 0.05) is 25.4 Å². The smallest absolute Gasteiger partial charge is 0.158 e. The summed E-state index contributed by atoms with van der Waals surface area (Å²) in [6.07, 6.45) is 5.01. The second kappa shape index (κ2) is 4.22. The quantitative estimate of drug-likeness (QED) is 0.782. The third-order valence-corrected chi connectivity index (χ3v) is 2.54. The van der Waals surface area contributed by atoms with Gasteiger partial charge in [0.25, 0.3) is 0 Å². The molecule has 2 rings (SSSR count). The third-order valence-electron chi connectivity index (χ3n) is 2.54. The van der Waals surface area contributed by atoms with Gasteiger partial charge in [-0.15, -0.1) is 0 Å². The molecule has 0 aliphatic rings. The minimum absolute atomic E-state index is 0.939. The summed E-state index contributed by atoms with van der Waals surface area (Å²) < 4.78 is 2.07. The van der Waals surface area contributed by atoms with Gasteiger partial charge in [0.05, 0.1) is 17.1 Å². The average Bonchev–Trinajstić information content (AvgIpc) is 2.54. The van der Waals surface area contributed by atoms with Gasteiger partial charge in [0.2, 0.25) is 0 Å². The second-order valence-electron chi connectivity index (χ2n) is 4.50. The Morgan fingerprint density at radius 3 is 2.38 bits per heavy atom. The Balaban J connectivity index is 2.41. The molecule has 2 aromatic heterocycles. The van der Waals surface area contributed by atoms with Gasteiger partial charge in [0.15, 0.2) is 5.65 Å². The van der Waals surface area contributed by atoms with Gasteiger partial charge in [0.1, 0.15) is 0 Å². The zero-order chi connectivity index (χ0) is 11.7. The van der Waals surface area contributed by atoms with Gasteiger partial charge in [-0.3, -0.25) is 4.98 Å². The molecule has 86 valence electrons. The van der Waals surface area contributed by atoms with Crippen molar-refractivity contribution in [1.29, 1.82) is 0 Å². The van der Waals surface area contributed by atoms with E-state index in [-0.39, 0.29) is 0 Å². The van der Waals surface area contributed by atoms with Crippen LogP contribution in [0.5, 0.6) is 0 Å². The zero-order valence-corrected chi connectivity index (χ0v) is 10.4. The molecule has 0 aromatic carbocycles. The first-order valence-electron chi connectivity index (χ1n) is 5.53. The van der Waals surface area contributed by atoms with Crippen LogP contribution in [0.1, 0.15) is 17.1 Å². The van der Waals surface area contributed by atoms with Crippen molar-refractivity contribution >= 4 is 5.65 Å². The van der Waals surface area contributed by atoms with Crippen LogP contribution in [0.4, 0.5) is 0 Å². The van der Waals surface area contributed by atoms with E-state index in [1.807, 2.05) is 26.2 Å². The number of fused-ring (bicyclic) bond motifs is 1. The first-order valence-corrected chi connectivity index (χ1v) is 5.53. The van der Waals surface area contributed by atoms with Crippen LogP contribution < -0.4 is 0 Å². The highest BCUT2D eigenvalue weighted by Gasteiger charge is 2.07. The van der Waals surface area contributed by atoms with Crippen molar-refractivity contribution in [3.05, 3.63) is 29.5 Å². The lowest BCUT2D eigenvalue weighted by Gasteiger charge is -2.09. The fourth-order valence-electron chi connectivity index (χ4n) is 1.82. The van der Waals surface area contributed by atoms with Gasteiger partial charge >= 0.3 is 0 Å². The lowest BCUT2D eigenvalue weighted by molar-refractivity contribution is 0.412. The van der Waals surface area contributed by atoms with E-state index in [1.54, 1.807) is 0 Å². The highest BCUT2D eigenvalue weighted by atomic mass is 15.1. The van der Waals surface area contributed by atoms with Crippen LogP contribution in [0, 0.1) is 13.8 Å². The van der Waals surface area contributed by atoms with Crippen molar-refractivity contribution in [3.8, 4) is 0 Å². The largest absolute Gasteiger partial charge is 0.309 e. The maximum Gasteiger partial charge on any atom is 0.158 e. The molecule has 0 fully saturated rings. The van der Waals surface area contributed by atoms with Gasteiger partial charge in [-0.05, 0) is 27.9 Å². The minimum atomic E-state index is 0.939. The second-order valence-corrected chi connectivity index (χ2v) is 4.50. The van der Waals surface area contributed by atoms with Gasteiger partial charge < -0.3 is 9.30 Å². The lowest BCUT2D eigenvalue weighted by Crippen LogP contribution is -2.16. The summed E-state index contributed by atoms with van der Waals surface area (Å²) >= 11 is 0. The van der Waals surface area contributed by atoms with Crippen molar-refractivity contribution in [2.45, 2.75) is 20.3 Å². The number of likely N-dealkylation sites (N-methyl/N-ethyl adjacent to an activating group) is 1. The van der Waals surface area contributed by atoms with E-state index in [1.165, 1.54) is 0 Å². The molecule has 0 saturated carbocycles. The van der Waals surface area contributed by atoms with Crippen LogP contribution in [0.2, 0.25) is 0 Å². The van der Waals surface area contributed by atoms with E-state index >= 15 is 0 Å². The Morgan fingerprint density at radius 1 is 1.12 bits per heavy atom. The monoisotopic (exact) mass is 218 g/mol. The van der Waals surface area contributed by atoms with E-state index in [0.29, 0.717) is 0 Å². The van der Waals surface area contributed by atoms with E-state index < -0.39 is 0 Å². The van der Waals surface area contributed by atoms with Crippen LogP contribution >= 0.6 is 0 Å². The van der Waals surface area contributed by atoms with Gasteiger partial charge in [-0.2, -0.15) is 0 Å². The van der Waals surface area contributed by atoms with E-state index in [0.717, 1.165) is 35.7 Å². The van der Waals surface area contributed by atoms with Gasteiger partial charge in [-0.1, -0.05) is 0 Å². The summed E-state index contributed by atoms with van der Waals surface area (Å²) in [5.74, 6) is 0. The Bertz CT molecular complexity index is 499. The summed E-state index contributed by atoms with van der Waals surface area (Å²) in [5, 5.41) is 0. The Hall–Kier alpha value is -1.42. The molecule has 0 amide bonds. The van der Waals surface area contributed by atoms with Crippen molar-refractivity contribution in [2.24, 2.45) is 0 Å². The molecule has 2 heterocycles. The number of hydrogen-bond acceptors (Lipinski definition) is 3. The van der Waals surface area contributed by atoms with Crippen molar-refractivity contribution in [3.63, 3.8) is 0 Å². The maximum atomic E-state index is 4.58. The molecule has 2 aromatic rings. The fourth-order valence-corrected chi connectivity index (χ4v) is 1.82. The van der Waals surface area contributed by atoms with Crippen molar-refractivity contribution in [1.82, 2.24) is 19.3 Å². The average molecular weight is 218 g/mol. The molecule has 0 N–H and O–H groups in total. The molecule has 4 heteroatoms. The molecule has 0 aliphatic heterocycles. The molecule has 0 bridgehead atoms. The fraction of sp³-hybridized carbons (Fsp3) is 0.500. The van der Waals surface area contributed by atoms with Crippen LogP contribution in [-0.4, -0.2) is 39.9 Å². The SMILES string of the molecule is Cc1cn2cc(C)nc2c(CCN(C)C)n1. The summed E-state index contributed by atoms with van der Waals surface area (Å²) in [5.41, 5.74) is 4.16. The molecule has 0 saturated heterocycles. The lowest BCUT2D eigenvalue weighted by atomic mass is 10.3. The topological polar surface area (TPSA) is 33.4 Å². The van der Waals surface area contributed by atoms with Crippen LogP contribution in [0.15, 0.2) is 12.4 Å². The molecule has 0 unspecified atom stereocenters. The normalized spacial score (nSPS) is 11.6. The summed E-state index contributed by atoms with van der Waals surface area (Å²) in [6.45, 7) is 5.03. The number of nitrogens with zero attached hydrogens (tertiary/aromatic N) is 4. The van der Waals surface area contributed by atoms with Crippen molar-refractivity contribution < 1.29 is 0 Å². The Kier molecular flexibility index (Phi) is 2.92. The van der Waals surface area contributed by atoms with E-state index in [2.05, 4.69) is 33.4 Å². The first-order chi connectivity index (χ1) is 7.56. The molecule has 0 aliphatic carbocycles. The molecular formula is C12H18N4. The van der Waals surface area contributed by atoms with Crippen LogP contribution in [-0.2, 0) is 6.42 Å². The maximum absolute atomic E-state index is 4.58. The highest BCUT2D eigenvalue weighted by Crippen LogP contribution is 2.11. The molecule has 4 nitrogen and oxygen atoms in total. The molecule has 16 heavy (non-hydrogen) atoms. The number of rotatable bonds is 3. The van der Waals surface area contributed by atoms with Crippen LogP contribution in [0.3, 0.4) is 0 Å². The zero-order valence-electron chi connectivity index (χ0n) is 10.4. The Morgan fingerprint density at radius 2 is 1.75 bits per heavy atom. The minimum Gasteiger partial charge on any atom is -0.309 e. The highest BCUT2D eigenvalue weighted by molar-refractivity contribution is 5.45. The number of aromatic nitrogens is 3. The third kappa shape index (κ3) is 2.22. The number of aryl methyl sites for hydroxylation is 2. The summed E-state index contributed by atoms with van der Waals surface area (Å²) in [6, 6.07) is 0. The molecule has 0 spiro atoms. The Labute approximate surface area is 95.9 Å². The standard InChI is InChI=1S/C12H18N4/c1-9-7-16-8-10(2)14-12(16)11(13-9)5-6-15(3)4/h7-8H,5-6H2,1-4H3.